The maximum absolute atomic E-state index is 12.3. The molecule has 2 aliphatic rings. The van der Waals surface area contributed by atoms with Crippen molar-refractivity contribution in [3.63, 3.8) is 0 Å². The first kappa shape index (κ1) is 17.8. The van der Waals surface area contributed by atoms with Gasteiger partial charge < -0.3 is 9.64 Å². The van der Waals surface area contributed by atoms with E-state index in [-0.39, 0.29) is 30.8 Å². The smallest absolute Gasteiger partial charge is 0.311 e. The maximum Gasteiger partial charge on any atom is 0.311 e. The van der Waals surface area contributed by atoms with Crippen LogP contribution in [-0.2, 0) is 20.9 Å². The average molecular weight is 367 g/mol. The molecule has 27 heavy (non-hydrogen) atoms. The second-order valence-electron chi connectivity index (χ2n) is 7.76. The third-order valence-electron chi connectivity index (χ3n) is 5.29. The molecule has 1 saturated heterocycles. The predicted molar refractivity (Wildman–Crippen MR) is 100 cm³/mol. The molecule has 0 radical (unpaired) electrons. The van der Waals surface area contributed by atoms with Crippen LogP contribution in [0.4, 0.5) is 0 Å². The fourth-order valence-electron chi connectivity index (χ4n) is 3.61. The van der Waals surface area contributed by atoms with E-state index >= 15 is 0 Å². The van der Waals surface area contributed by atoms with E-state index in [1.54, 1.807) is 0 Å². The Morgan fingerprint density at radius 1 is 1.22 bits per heavy atom. The molecule has 1 atom stereocenters. The number of hydrogen-bond acceptors (Lipinski definition) is 4. The molecule has 1 unspecified atom stereocenters. The van der Waals surface area contributed by atoms with Gasteiger partial charge in [-0.05, 0) is 56.4 Å². The van der Waals surface area contributed by atoms with Crippen LogP contribution in [0.25, 0.3) is 5.69 Å². The molecule has 0 N–H and O–H groups in total. The number of benzene rings is 1. The van der Waals surface area contributed by atoms with Crippen LogP contribution < -0.4 is 0 Å². The van der Waals surface area contributed by atoms with Crippen molar-refractivity contribution >= 4 is 11.9 Å². The van der Waals surface area contributed by atoms with E-state index in [9.17, 15) is 9.59 Å². The van der Waals surface area contributed by atoms with Gasteiger partial charge >= 0.3 is 5.97 Å². The predicted octanol–water partition coefficient (Wildman–Crippen LogP) is 2.79. The van der Waals surface area contributed by atoms with E-state index in [2.05, 4.69) is 5.10 Å². The van der Waals surface area contributed by atoms with Crippen molar-refractivity contribution in [2.75, 3.05) is 13.1 Å². The van der Waals surface area contributed by atoms with Gasteiger partial charge in [0, 0.05) is 25.2 Å². The highest BCUT2D eigenvalue weighted by Crippen LogP contribution is 2.32. The molecule has 1 aliphatic heterocycles. The van der Waals surface area contributed by atoms with Gasteiger partial charge in [0.2, 0.25) is 5.91 Å². The summed E-state index contributed by atoms with van der Waals surface area (Å²) in [6.07, 6.45) is 2.68. The lowest BCUT2D eigenvalue weighted by molar-refractivity contribution is -0.149. The van der Waals surface area contributed by atoms with Gasteiger partial charge in [0.25, 0.3) is 0 Å². The van der Waals surface area contributed by atoms with E-state index in [1.807, 2.05) is 53.8 Å². The minimum atomic E-state index is -0.328. The lowest BCUT2D eigenvalue weighted by atomic mass is 10.1. The topological polar surface area (TPSA) is 64.4 Å². The highest BCUT2D eigenvalue weighted by molar-refractivity contribution is 5.86. The molecular formula is C21H25N3O3. The molecule has 2 heterocycles. The number of esters is 1. The third kappa shape index (κ3) is 4.04. The van der Waals surface area contributed by atoms with E-state index in [1.165, 1.54) is 12.8 Å². The highest BCUT2D eigenvalue weighted by atomic mass is 16.5. The first-order valence-corrected chi connectivity index (χ1v) is 9.56. The minimum Gasteiger partial charge on any atom is -0.461 e. The summed E-state index contributed by atoms with van der Waals surface area (Å²) in [6.45, 7) is 5.52. The number of hydrogen-bond donors (Lipinski definition) is 0. The van der Waals surface area contributed by atoms with Gasteiger partial charge in [-0.15, -0.1) is 0 Å². The molecule has 0 bridgehead atoms. The Morgan fingerprint density at radius 2 is 1.96 bits per heavy atom. The molecule has 2 aromatic rings. The third-order valence-corrected chi connectivity index (χ3v) is 5.29. The molecule has 4 rings (SSSR count). The van der Waals surface area contributed by atoms with Crippen molar-refractivity contribution in [1.82, 2.24) is 14.7 Å². The number of carbonyl (C=O) groups is 2. The average Bonchev–Trinajstić information content (AvgIpc) is 3.30. The quantitative estimate of drug-likeness (QED) is 0.737. The van der Waals surface area contributed by atoms with Gasteiger partial charge in [0.15, 0.2) is 0 Å². The van der Waals surface area contributed by atoms with Crippen LogP contribution >= 0.6 is 0 Å². The van der Waals surface area contributed by atoms with E-state index in [0.717, 1.165) is 29.2 Å². The van der Waals surface area contributed by atoms with Crippen LogP contribution in [0.5, 0.6) is 0 Å². The summed E-state index contributed by atoms with van der Waals surface area (Å²) in [6, 6.07) is 9.86. The molecular weight excluding hydrogens is 342 g/mol. The summed E-state index contributed by atoms with van der Waals surface area (Å²) in [5, 5.41) is 4.47. The molecule has 1 aliphatic carbocycles. The zero-order chi connectivity index (χ0) is 19.0. The van der Waals surface area contributed by atoms with E-state index in [0.29, 0.717) is 12.5 Å². The van der Waals surface area contributed by atoms with Gasteiger partial charge in [0.1, 0.15) is 6.61 Å². The normalized spacial score (nSPS) is 19.6. The Labute approximate surface area is 159 Å². The Hall–Kier alpha value is -2.63. The number of rotatable bonds is 6. The zero-order valence-electron chi connectivity index (χ0n) is 15.9. The molecule has 1 aromatic carbocycles. The standard InChI is InChI=1S/C21H25N3O3/c1-14-9-15(2)24(22-14)19-7-5-17(6-8-19)13-27-21(26)18-10-20(25)23(12-18)11-16-3-4-16/h5-9,16,18H,3-4,10-13H2,1-2H3. The molecule has 2 fully saturated rings. The second-order valence-corrected chi connectivity index (χ2v) is 7.76. The van der Waals surface area contributed by atoms with Crippen molar-refractivity contribution in [2.24, 2.45) is 11.8 Å². The summed E-state index contributed by atoms with van der Waals surface area (Å²) in [5.74, 6) is 0.122. The number of aryl methyl sites for hydroxylation is 2. The van der Waals surface area contributed by atoms with E-state index < -0.39 is 0 Å². The Balaban J connectivity index is 1.31. The SMILES string of the molecule is Cc1cc(C)n(-c2ccc(COC(=O)C3CC(=O)N(CC4CC4)C3)cc2)n1. The number of likely N-dealkylation sites (tertiary alicyclic amines) is 1. The number of amides is 1. The van der Waals surface area contributed by atoms with Crippen molar-refractivity contribution < 1.29 is 14.3 Å². The Kier molecular flexibility index (Phi) is 4.72. The number of carbonyl (C=O) groups excluding carboxylic acids is 2. The second kappa shape index (κ2) is 7.18. The van der Waals surface area contributed by atoms with Crippen LogP contribution in [0.15, 0.2) is 30.3 Å². The molecule has 1 aromatic heterocycles. The first-order chi connectivity index (χ1) is 13.0. The largest absolute Gasteiger partial charge is 0.461 e. The van der Waals surface area contributed by atoms with Gasteiger partial charge in [-0.1, -0.05) is 12.1 Å². The lowest BCUT2D eigenvalue weighted by Crippen LogP contribution is -2.28. The van der Waals surface area contributed by atoms with Crippen molar-refractivity contribution in [2.45, 2.75) is 39.7 Å². The molecule has 1 amide bonds. The summed E-state index contributed by atoms with van der Waals surface area (Å²) >= 11 is 0. The fourth-order valence-corrected chi connectivity index (χ4v) is 3.61. The summed E-state index contributed by atoms with van der Waals surface area (Å²) in [5.41, 5.74) is 3.96. The highest BCUT2D eigenvalue weighted by Gasteiger charge is 2.37. The van der Waals surface area contributed by atoms with Crippen LogP contribution in [0.2, 0.25) is 0 Å². The summed E-state index contributed by atoms with van der Waals surface area (Å²) < 4.78 is 7.36. The maximum atomic E-state index is 12.3. The van der Waals surface area contributed by atoms with Gasteiger partial charge in [0.05, 0.1) is 17.3 Å². The van der Waals surface area contributed by atoms with Gasteiger partial charge in [-0.2, -0.15) is 5.10 Å². The van der Waals surface area contributed by atoms with Crippen LogP contribution in [0.3, 0.4) is 0 Å². The van der Waals surface area contributed by atoms with Crippen LogP contribution in [-0.4, -0.2) is 39.6 Å². The van der Waals surface area contributed by atoms with Crippen molar-refractivity contribution in [1.29, 1.82) is 0 Å². The zero-order valence-corrected chi connectivity index (χ0v) is 15.9. The molecule has 6 nitrogen and oxygen atoms in total. The Bertz CT molecular complexity index is 852. The number of ether oxygens (including phenoxy) is 1. The van der Waals surface area contributed by atoms with Crippen molar-refractivity contribution in [3.8, 4) is 5.69 Å². The molecule has 142 valence electrons. The van der Waals surface area contributed by atoms with Gasteiger partial charge in [-0.25, -0.2) is 4.68 Å². The van der Waals surface area contributed by atoms with Crippen LogP contribution in [0.1, 0.15) is 36.2 Å². The fraction of sp³-hybridized carbons (Fsp3) is 0.476. The van der Waals surface area contributed by atoms with Gasteiger partial charge in [-0.3, -0.25) is 9.59 Å². The Morgan fingerprint density at radius 3 is 2.59 bits per heavy atom. The van der Waals surface area contributed by atoms with Crippen molar-refractivity contribution in [3.05, 3.63) is 47.3 Å². The van der Waals surface area contributed by atoms with Crippen LogP contribution in [0, 0.1) is 25.7 Å². The molecule has 1 saturated carbocycles. The van der Waals surface area contributed by atoms with E-state index in [4.69, 9.17) is 4.74 Å². The monoisotopic (exact) mass is 367 g/mol. The molecule has 6 heteroatoms. The summed E-state index contributed by atoms with van der Waals surface area (Å²) in [4.78, 5) is 26.2. The number of aromatic nitrogens is 2. The number of nitrogens with zero attached hydrogens (tertiary/aromatic N) is 3. The lowest BCUT2D eigenvalue weighted by Gasteiger charge is -2.15. The minimum absolute atomic E-state index is 0.0816. The first-order valence-electron chi connectivity index (χ1n) is 9.56. The summed E-state index contributed by atoms with van der Waals surface area (Å²) in [7, 11) is 0. The molecule has 0 spiro atoms.